The third kappa shape index (κ3) is 2.27. The van der Waals surface area contributed by atoms with Gasteiger partial charge in [-0.05, 0) is 44.5 Å². The molecule has 0 atom stereocenters. The molecular formula is C20H21NO2. The Hall–Kier alpha value is -2.42. The van der Waals surface area contributed by atoms with Crippen LogP contribution in [-0.4, -0.2) is 12.1 Å². The van der Waals surface area contributed by atoms with Crippen molar-refractivity contribution >= 4 is 11.4 Å². The summed E-state index contributed by atoms with van der Waals surface area (Å²) in [6.45, 7) is 7.60. The molecule has 2 aromatic carbocycles. The van der Waals surface area contributed by atoms with Gasteiger partial charge in [-0.15, -0.1) is 0 Å². The summed E-state index contributed by atoms with van der Waals surface area (Å²) in [7, 11) is 0. The number of hydrogen-bond acceptors (Lipinski definition) is 3. The molecule has 0 radical (unpaired) electrons. The fourth-order valence-electron chi connectivity index (χ4n) is 3.45. The molecule has 0 aliphatic carbocycles. The maximum absolute atomic E-state index is 5.98. The molecule has 4 rings (SSSR count). The predicted molar refractivity (Wildman–Crippen MR) is 93.5 cm³/mol. The number of para-hydroxylation sites is 1. The summed E-state index contributed by atoms with van der Waals surface area (Å²) in [6.07, 6.45) is 2.17. The van der Waals surface area contributed by atoms with Crippen molar-refractivity contribution in [1.82, 2.24) is 0 Å². The number of rotatable bonds is 3. The van der Waals surface area contributed by atoms with Gasteiger partial charge in [-0.25, -0.2) is 0 Å². The van der Waals surface area contributed by atoms with Gasteiger partial charge in [0.15, 0.2) is 0 Å². The van der Waals surface area contributed by atoms with Crippen LogP contribution in [0.1, 0.15) is 31.9 Å². The van der Waals surface area contributed by atoms with E-state index in [2.05, 4.69) is 49.5 Å². The number of nitrogens with one attached hydrogen (secondary N) is 1. The Morgan fingerprint density at radius 1 is 1.13 bits per heavy atom. The van der Waals surface area contributed by atoms with E-state index in [9.17, 15) is 0 Å². The maximum Gasteiger partial charge on any atom is 0.127 e. The van der Waals surface area contributed by atoms with Gasteiger partial charge in [0.25, 0.3) is 0 Å². The molecule has 118 valence electrons. The van der Waals surface area contributed by atoms with Crippen LogP contribution >= 0.6 is 0 Å². The van der Waals surface area contributed by atoms with Crippen molar-refractivity contribution < 1.29 is 9.47 Å². The molecule has 0 saturated heterocycles. The Bertz CT molecular complexity index is 805. The summed E-state index contributed by atoms with van der Waals surface area (Å²) in [5.74, 6) is 1.92. The topological polar surface area (TPSA) is 30.5 Å². The summed E-state index contributed by atoms with van der Waals surface area (Å²) < 4.78 is 11.8. The van der Waals surface area contributed by atoms with Crippen molar-refractivity contribution in [1.29, 1.82) is 0 Å². The van der Waals surface area contributed by atoms with Gasteiger partial charge in [-0.3, -0.25) is 0 Å². The van der Waals surface area contributed by atoms with Gasteiger partial charge in [0.2, 0.25) is 0 Å². The minimum absolute atomic E-state index is 0.0886. The summed E-state index contributed by atoms with van der Waals surface area (Å²) in [5.41, 5.74) is 5.82. The van der Waals surface area contributed by atoms with Crippen molar-refractivity contribution in [2.45, 2.75) is 32.9 Å². The molecule has 0 fully saturated rings. The highest BCUT2D eigenvalue weighted by Crippen LogP contribution is 2.46. The van der Waals surface area contributed by atoms with E-state index >= 15 is 0 Å². The summed E-state index contributed by atoms with van der Waals surface area (Å²) in [5, 5.41) is 3.58. The first kappa shape index (κ1) is 14.2. The molecule has 2 aliphatic heterocycles. The molecule has 2 aliphatic rings. The fraction of sp³-hybridized carbons (Fsp3) is 0.300. The van der Waals surface area contributed by atoms with E-state index in [4.69, 9.17) is 9.47 Å². The van der Waals surface area contributed by atoms with Crippen LogP contribution in [0.25, 0.3) is 16.9 Å². The number of ether oxygens (including phenoxy) is 2. The predicted octanol–water partition coefficient (Wildman–Crippen LogP) is 4.83. The summed E-state index contributed by atoms with van der Waals surface area (Å²) in [4.78, 5) is 0. The van der Waals surface area contributed by atoms with E-state index in [-0.39, 0.29) is 5.54 Å². The lowest BCUT2D eigenvalue weighted by Gasteiger charge is -2.30. The van der Waals surface area contributed by atoms with Crippen LogP contribution in [0.15, 0.2) is 42.5 Å². The largest absolute Gasteiger partial charge is 0.493 e. The molecule has 3 heteroatoms. The van der Waals surface area contributed by atoms with Crippen molar-refractivity contribution in [2.75, 3.05) is 11.9 Å². The second-order valence-electron chi connectivity index (χ2n) is 6.59. The van der Waals surface area contributed by atoms with Crippen molar-refractivity contribution in [3.05, 3.63) is 53.6 Å². The first-order valence-electron chi connectivity index (χ1n) is 8.11. The van der Waals surface area contributed by atoms with Gasteiger partial charge in [-0.2, -0.15) is 0 Å². The highest BCUT2D eigenvalue weighted by Gasteiger charge is 2.33. The third-order valence-corrected chi connectivity index (χ3v) is 4.36. The monoisotopic (exact) mass is 307 g/mol. The van der Waals surface area contributed by atoms with Gasteiger partial charge in [0, 0.05) is 22.4 Å². The zero-order valence-corrected chi connectivity index (χ0v) is 13.8. The van der Waals surface area contributed by atoms with Crippen LogP contribution in [0.3, 0.4) is 0 Å². The van der Waals surface area contributed by atoms with Crippen LogP contribution in [-0.2, 0) is 11.3 Å². The minimum Gasteiger partial charge on any atom is -0.493 e. The van der Waals surface area contributed by atoms with Crippen LogP contribution < -0.4 is 10.1 Å². The molecular weight excluding hydrogens is 286 g/mol. The summed E-state index contributed by atoms with van der Waals surface area (Å²) >= 11 is 0. The SMILES string of the molecule is CCOc1ccccc1-c1ccc2c3c1COC3=CC(C)(C)N2. The zero-order valence-electron chi connectivity index (χ0n) is 13.8. The molecule has 0 amide bonds. The highest BCUT2D eigenvalue weighted by atomic mass is 16.5. The van der Waals surface area contributed by atoms with E-state index in [0.29, 0.717) is 13.2 Å². The molecule has 0 spiro atoms. The zero-order chi connectivity index (χ0) is 16.0. The van der Waals surface area contributed by atoms with Gasteiger partial charge >= 0.3 is 0 Å². The third-order valence-electron chi connectivity index (χ3n) is 4.36. The Kier molecular flexibility index (Phi) is 3.12. The highest BCUT2D eigenvalue weighted by molar-refractivity contribution is 5.88. The van der Waals surface area contributed by atoms with Crippen molar-refractivity contribution in [2.24, 2.45) is 0 Å². The van der Waals surface area contributed by atoms with Crippen LogP contribution in [0.2, 0.25) is 0 Å². The lowest BCUT2D eigenvalue weighted by atomic mass is 9.89. The number of anilines is 1. The molecule has 2 heterocycles. The lowest BCUT2D eigenvalue weighted by Crippen LogP contribution is -2.31. The van der Waals surface area contributed by atoms with Gasteiger partial charge in [0.05, 0.1) is 12.1 Å². The molecule has 1 N–H and O–H groups in total. The summed E-state index contributed by atoms with van der Waals surface area (Å²) in [6, 6.07) is 12.5. The molecule has 2 aromatic rings. The second-order valence-corrected chi connectivity index (χ2v) is 6.59. The first-order chi connectivity index (χ1) is 11.1. The second kappa shape index (κ2) is 5.05. The number of hydrogen-bond donors (Lipinski definition) is 1. The van der Waals surface area contributed by atoms with Crippen LogP contribution in [0.5, 0.6) is 5.75 Å². The Morgan fingerprint density at radius 2 is 1.96 bits per heavy atom. The van der Waals surface area contributed by atoms with Gasteiger partial charge < -0.3 is 14.8 Å². The van der Waals surface area contributed by atoms with E-state index in [1.165, 1.54) is 16.7 Å². The molecule has 0 unspecified atom stereocenters. The van der Waals surface area contributed by atoms with E-state index in [1.54, 1.807) is 0 Å². The quantitative estimate of drug-likeness (QED) is 0.881. The van der Waals surface area contributed by atoms with E-state index < -0.39 is 0 Å². The Labute approximate surface area is 136 Å². The molecule has 0 aromatic heterocycles. The Morgan fingerprint density at radius 3 is 2.78 bits per heavy atom. The van der Waals surface area contributed by atoms with Crippen molar-refractivity contribution in [3.8, 4) is 16.9 Å². The van der Waals surface area contributed by atoms with Crippen LogP contribution in [0.4, 0.5) is 5.69 Å². The molecule has 23 heavy (non-hydrogen) atoms. The van der Waals surface area contributed by atoms with E-state index in [1.807, 2.05) is 19.1 Å². The average Bonchev–Trinajstić information content (AvgIpc) is 2.92. The molecule has 3 nitrogen and oxygen atoms in total. The maximum atomic E-state index is 5.98. The number of benzene rings is 2. The smallest absolute Gasteiger partial charge is 0.127 e. The molecule has 0 bridgehead atoms. The normalized spacial score (nSPS) is 16.9. The van der Waals surface area contributed by atoms with Crippen LogP contribution in [0, 0.1) is 0 Å². The van der Waals surface area contributed by atoms with E-state index in [0.717, 1.165) is 22.8 Å². The van der Waals surface area contributed by atoms with Gasteiger partial charge in [0.1, 0.15) is 18.1 Å². The van der Waals surface area contributed by atoms with Gasteiger partial charge in [-0.1, -0.05) is 24.3 Å². The minimum atomic E-state index is -0.0886. The first-order valence-corrected chi connectivity index (χ1v) is 8.11. The molecule has 0 saturated carbocycles. The standard InChI is InChI=1S/C20H21NO2/c1-4-22-17-8-6-5-7-14(17)13-9-10-16-19-15(13)12-23-18(19)11-20(2,3)21-16/h5-11,21H,4,12H2,1-3H3. The average molecular weight is 307 g/mol. The fourth-order valence-corrected chi connectivity index (χ4v) is 3.45. The lowest BCUT2D eigenvalue weighted by molar-refractivity contribution is 0.283. The Balaban J connectivity index is 1.89. The van der Waals surface area contributed by atoms with Crippen molar-refractivity contribution in [3.63, 3.8) is 0 Å².